The number of aliphatic hydroxyl groups is 1. The van der Waals surface area contributed by atoms with Gasteiger partial charge < -0.3 is 5.11 Å². The Morgan fingerprint density at radius 1 is 0.842 bits per heavy atom. The van der Waals surface area contributed by atoms with Gasteiger partial charge in [0, 0.05) is 6.42 Å². The lowest BCUT2D eigenvalue weighted by molar-refractivity contribution is -0.211. The highest BCUT2D eigenvalue weighted by Crippen LogP contribution is 2.76. The third-order valence-corrected chi connectivity index (χ3v) is 12.8. The summed E-state index contributed by atoms with van der Waals surface area (Å²) in [6, 6.07) is 0. The monoisotopic (exact) mass is 531 g/mol. The summed E-state index contributed by atoms with van der Waals surface area (Å²) in [6.07, 6.45) is 11.7. The Hall–Kier alpha value is -0.630. The summed E-state index contributed by atoms with van der Waals surface area (Å²) < 4.78 is 0. The van der Waals surface area contributed by atoms with E-state index in [2.05, 4.69) is 48.5 Å². The molecule has 5 aliphatic carbocycles. The van der Waals surface area contributed by atoms with Crippen LogP contribution in [0.15, 0.2) is 11.1 Å². The van der Waals surface area contributed by atoms with Crippen molar-refractivity contribution in [3.8, 4) is 0 Å². The van der Waals surface area contributed by atoms with E-state index < -0.39 is 0 Å². The average Bonchev–Trinajstić information content (AvgIpc) is 3.23. The van der Waals surface area contributed by atoms with E-state index in [1.54, 1.807) is 5.57 Å². The Bertz CT molecular complexity index is 840. The lowest BCUT2D eigenvalue weighted by atomic mass is 9.34. The molecular weight excluding hydrogens is 464 g/mol. The maximum absolute atomic E-state index is 13.3. The van der Waals surface area contributed by atoms with E-state index in [1.165, 1.54) is 50.5 Å². The average molecular weight is 531 g/mol. The van der Waals surface area contributed by atoms with Gasteiger partial charge >= 0.3 is 0 Å². The molecule has 4 fully saturated rings. The molecule has 0 aliphatic heterocycles. The van der Waals surface area contributed by atoms with Gasteiger partial charge in [-0.15, -0.1) is 0 Å². The van der Waals surface area contributed by atoms with E-state index in [-0.39, 0.29) is 11.5 Å². The summed E-state index contributed by atoms with van der Waals surface area (Å²) in [5.41, 5.74) is 4.02. The fraction of sp³-hybridized carbons (Fsp3) is 0.917. The molecule has 0 aromatic heterocycles. The van der Waals surface area contributed by atoms with Crippen LogP contribution in [0.1, 0.15) is 154 Å². The van der Waals surface area contributed by atoms with Gasteiger partial charge in [-0.2, -0.15) is 0 Å². The molecule has 2 heteroatoms. The molecule has 0 saturated heterocycles. The summed E-state index contributed by atoms with van der Waals surface area (Å²) >= 11 is 0. The van der Waals surface area contributed by atoms with Crippen LogP contribution in [-0.4, -0.2) is 17.0 Å². The highest BCUT2D eigenvalue weighted by Gasteiger charge is 2.68. The van der Waals surface area contributed by atoms with Gasteiger partial charge in [0.15, 0.2) is 5.78 Å². The lowest BCUT2D eigenvalue weighted by Crippen LogP contribution is -2.64. The molecule has 8 unspecified atom stereocenters. The zero-order chi connectivity index (χ0) is 29.3. The minimum Gasteiger partial charge on any atom is -0.393 e. The normalized spacial score (nSPS) is 45.1. The molecule has 0 heterocycles. The first kappa shape index (κ1) is 33.6. The number of fused-ring (bicyclic) bond motifs is 7. The number of Topliss-reactive ketones (excluding diaryl/α,β-unsaturated/α-hetero) is 1. The number of rotatable bonds is 2. The Morgan fingerprint density at radius 3 is 2.00 bits per heavy atom. The van der Waals surface area contributed by atoms with Crippen LogP contribution < -0.4 is 0 Å². The predicted octanol–water partition coefficient (Wildman–Crippen LogP) is 10.4. The summed E-state index contributed by atoms with van der Waals surface area (Å²) in [4.78, 5) is 13.3. The highest BCUT2D eigenvalue weighted by atomic mass is 16.3. The van der Waals surface area contributed by atoms with Crippen LogP contribution in [0.4, 0.5) is 0 Å². The van der Waals surface area contributed by atoms with Crippen LogP contribution in [-0.2, 0) is 4.79 Å². The van der Waals surface area contributed by atoms with Gasteiger partial charge in [-0.1, -0.05) is 95.6 Å². The predicted molar refractivity (Wildman–Crippen MR) is 165 cm³/mol. The molecular formula is C36H66O2. The largest absolute Gasteiger partial charge is 0.393 e. The molecule has 4 saturated carbocycles. The first-order valence-corrected chi connectivity index (χ1v) is 16.9. The van der Waals surface area contributed by atoms with Gasteiger partial charge in [-0.25, -0.2) is 0 Å². The molecule has 0 amide bonds. The van der Waals surface area contributed by atoms with Crippen molar-refractivity contribution >= 4 is 5.78 Å². The lowest BCUT2D eigenvalue weighted by Gasteiger charge is -2.71. The van der Waals surface area contributed by atoms with Crippen LogP contribution in [0.5, 0.6) is 0 Å². The van der Waals surface area contributed by atoms with E-state index in [9.17, 15) is 9.90 Å². The number of aliphatic hydroxyl groups excluding tert-OH is 1. The van der Waals surface area contributed by atoms with Crippen LogP contribution >= 0.6 is 0 Å². The van der Waals surface area contributed by atoms with E-state index in [0.717, 1.165) is 25.2 Å². The fourth-order valence-electron chi connectivity index (χ4n) is 10.8. The van der Waals surface area contributed by atoms with E-state index >= 15 is 0 Å². The molecule has 5 rings (SSSR count). The van der Waals surface area contributed by atoms with Crippen molar-refractivity contribution in [2.24, 2.45) is 51.2 Å². The van der Waals surface area contributed by atoms with Gasteiger partial charge in [-0.3, -0.25) is 4.79 Å². The maximum atomic E-state index is 13.3. The smallest absolute Gasteiger partial charge is 0.159 e. The zero-order valence-electron chi connectivity index (χ0n) is 27.9. The third-order valence-electron chi connectivity index (χ3n) is 12.8. The van der Waals surface area contributed by atoms with Crippen molar-refractivity contribution in [3.63, 3.8) is 0 Å². The number of carbonyl (C=O) groups is 1. The van der Waals surface area contributed by atoms with Crippen LogP contribution in [0.25, 0.3) is 0 Å². The first-order chi connectivity index (χ1) is 17.9. The van der Waals surface area contributed by atoms with Gasteiger partial charge in [0.25, 0.3) is 0 Å². The van der Waals surface area contributed by atoms with Crippen molar-refractivity contribution in [1.82, 2.24) is 0 Å². The third kappa shape index (κ3) is 4.69. The van der Waals surface area contributed by atoms with Crippen molar-refractivity contribution in [2.75, 3.05) is 0 Å². The van der Waals surface area contributed by atoms with Crippen molar-refractivity contribution in [1.29, 1.82) is 0 Å². The summed E-state index contributed by atoms with van der Waals surface area (Å²) in [5.74, 6) is 3.27. The summed E-state index contributed by atoms with van der Waals surface area (Å²) in [6.45, 7) is 29.1. The maximum Gasteiger partial charge on any atom is 0.159 e. The molecule has 2 nitrogen and oxygen atoms in total. The number of ketones is 1. The standard InChI is InChI=1S/C30H48O2.3C2H6/c1-8-30-16-15-28(6)21(26(30)25(18(2)3)23(32)17-30)9-10-24-27(5)13-12-22(31)19(4)20(27)11-14-29(24,28)7;3*1-2/h18-22,24,31H,8-17H2,1-7H3;3*1-2H3/t19?,20?,21?,22?,24?,27?,28-,29?,30?;;;/m1.../s1. The summed E-state index contributed by atoms with van der Waals surface area (Å²) in [7, 11) is 0. The molecule has 0 bridgehead atoms. The Morgan fingerprint density at radius 2 is 1.45 bits per heavy atom. The molecule has 0 aromatic rings. The van der Waals surface area contributed by atoms with Gasteiger partial charge in [0.2, 0.25) is 0 Å². The van der Waals surface area contributed by atoms with Crippen LogP contribution in [0, 0.1) is 51.2 Å². The Balaban J connectivity index is 0.000000791. The molecule has 0 radical (unpaired) electrons. The Kier molecular flexibility index (Phi) is 11.0. The van der Waals surface area contributed by atoms with Gasteiger partial charge in [0.1, 0.15) is 0 Å². The molecule has 0 spiro atoms. The van der Waals surface area contributed by atoms with Crippen molar-refractivity contribution in [3.05, 3.63) is 11.1 Å². The Labute approximate surface area is 238 Å². The minimum atomic E-state index is -0.104. The van der Waals surface area contributed by atoms with Crippen LogP contribution in [0.2, 0.25) is 0 Å². The SMILES string of the molecule is CC.CC.CC.CCC12CC[C@]3(C)C(CCC4C5(C)CCC(O)C(C)C5CCC43C)C1=C(C(C)C)C(=O)C2. The van der Waals surface area contributed by atoms with Gasteiger partial charge in [-0.05, 0) is 115 Å². The number of allylic oxidation sites excluding steroid dienone is 2. The second-order valence-electron chi connectivity index (χ2n) is 13.8. The zero-order valence-corrected chi connectivity index (χ0v) is 27.9. The molecule has 38 heavy (non-hydrogen) atoms. The molecule has 9 atom stereocenters. The second kappa shape index (κ2) is 12.5. The number of hydrogen-bond donors (Lipinski definition) is 1. The fourth-order valence-corrected chi connectivity index (χ4v) is 10.8. The molecule has 0 aromatic carbocycles. The number of carbonyl (C=O) groups excluding carboxylic acids is 1. The van der Waals surface area contributed by atoms with Crippen molar-refractivity contribution < 1.29 is 9.90 Å². The number of hydrogen-bond acceptors (Lipinski definition) is 2. The van der Waals surface area contributed by atoms with E-state index in [0.29, 0.717) is 45.7 Å². The second-order valence-corrected chi connectivity index (χ2v) is 13.8. The van der Waals surface area contributed by atoms with Crippen LogP contribution in [0.3, 0.4) is 0 Å². The molecule has 1 N–H and O–H groups in total. The first-order valence-electron chi connectivity index (χ1n) is 16.9. The van der Waals surface area contributed by atoms with E-state index in [4.69, 9.17) is 0 Å². The quantitative estimate of drug-likeness (QED) is 0.385. The van der Waals surface area contributed by atoms with E-state index in [1.807, 2.05) is 41.5 Å². The summed E-state index contributed by atoms with van der Waals surface area (Å²) in [5, 5.41) is 10.7. The topological polar surface area (TPSA) is 37.3 Å². The highest BCUT2D eigenvalue weighted by molar-refractivity contribution is 6.00. The van der Waals surface area contributed by atoms with Gasteiger partial charge in [0.05, 0.1) is 6.10 Å². The molecule has 222 valence electrons. The van der Waals surface area contributed by atoms with Crippen molar-refractivity contribution in [2.45, 2.75) is 160 Å². The minimum absolute atomic E-state index is 0.104. The molecule has 5 aliphatic rings.